The number of amides is 2. The molecule has 0 aliphatic carbocycles. The van der Waals surface area contributed by atoms with Crippen LogP contribution >= 0.6 is 11.6 Å². The van der Waals surface area contributed by atoms with E-state index >= 15 is 0 Å². The fourth-order valence-electron chi connectivity index (χ4n) is 2.65. The van der Waals surface area contributed by atoms with Crippen molar-refractivity contribution in [3.05, 3.63) is 64.3 Å². The molecule has 0 bridgehead atoms. The number of ether oxygens (including phenoxy) is 1. The smallest absolute Gasteiger partial charge is 0.302 e. The molecular formula is C22H24ClF2N3O3. The number of carbonyl (C=O) groups is 2. The van der Waals surface area contributed by atoms with Crippen molar-refractivity contribution in [1.29, 1.82) is 0 Å². The van der Waals surface area contributed by atoms with Crippen LogP contribution in [0.25, 0.3) is 0 Å². The Morgan fingerprint density at radius 1 is 1.26 bits per heavy atom. The lowest BCUT2D eigenvalue weighted by Crippen LogP contribution is -2.27. The summed E-state index contributed by atoms with van der Waals surface area (Å²) in [7, 11) is 0. The first-order valence-corrected chi connectivity index (χ1v) is 9.80. The molecule has 0 aliphatic rings. The number of carbonyl (C=O) groups excluding carboxylic acids is 2. The van der Waals surface area contributed by atoms with Gasteiger partial charge in [0.2, 0.25) is 5.91 Å². The third-order valence-electron chi connectivity index (χ3n) is 4.35. The number of anilines is 1. The number of aryl methyl sites for hydroxylation is 1. The van der Waals surface area contributed by atoms with Crippen molar-refractivity contribution in [3.63, 3.8) is 0 Å². The lowest BCUT2D eigenvalue weighted by molar-refractivity contribution is -0.114. The molecule has 0 aliphatic heterocycles. The standard InChI is InChI=1S/C22H24ClF2N3O3/c1-12(2)22(24,25)11-31-17-6-7-18(19(23)10-17)14(4)27-21(30)16-8-13(3)26-20(9-16)28-15(5)29/h6-10,14H,1,11H2,2-5H3,(H,27,30)(H,26,28,29). The first kappa shape index (κ1) is 24.3. The molecular weight excluding hydrogens is 428 g/mol. The van der Waals surface area contributed by atoms with Gasteiger partial charge in [-0.2, -0.15) is 8.78 Å². The van der Waals surface area contributed by atoms with Crippen molar-refractivity contribution >= 4 is 29.2 Å². The Labute approximate surface area is 184 Å². The molecule has 6 nitrogen and oxygen atoms in total. The highest BCUT2D eigenvalue weighted by Crippen LogP contribution is 2.29. The molecule has 1 heterocycles. The highest BCUT2D eigenvalue weighted by atomic mass is 35.5. The van der Waals surface area contributed by atoms with Crippen LogP contribution in [0.3, 0.4) is 0 Å². The lowest BCUT2D eigenvalue weighted by atomic mass is 10.1. The summed E-state index contributed by atoms with van der Waals surface area (Å²) in [5.74, 6) is -3.38. The van der Waals surface area contributed by atoms with E-state index in [-0.39, 0.29) is 34.0 Å². The van der Waals surface area contributed by atoms with Crippen LogP contribution in [0.2, 0.25) is 5.02 Å². The van der Waals surface area contributed by atoms with Gasteiger partial charge in [0.1, 0.15) is 11.6 Å². The van der Waals surface area contributed by atoms with Gasteiger partial charge in [-0.15, -0.1) is 0 Å². The van der Waals surface area contributed by atoms with Crippen LogP contribution < -0.4 is 15.4 Å². The zero-order chi connectivity index (χ0) is 23.3. The van der Waals surface area contributed by atoms with E-state index in [4.69, 9.17) is 16.3 Å². The molecule has 1 aromatic carbocycles. The third-order valence-corrected chi connectivity index (χ3v) is 4.68. The van der Waals surface area contributed by atoms with E-state index in [0.29, 0.717) is 16.8 Å². The number of nitrogens with zero attached hydrogens (tertiary/aromatic N) is 1. The van der Waals surface area contributed by atoms with E-state index in [9.17, 15) is 18.4 Å². The molecule has 1 atom stereocenters. The molecule has 0 fully saturated rings. The Morgan fingerprint density at radius 3 is 2.52 bits per heavy atom. The number of nitrogens with one attached hydrogen (secondary N) is 2. The van der Waals surface area contributed by atoms with Crippen LogP contribution in [0.5, 0.6) is 5.75 Å². The number of rotatable bonds is 8. The highest BCUT2D eigenvalue weighted by Gasteiger charge is 2.31. The van der Waals surface area contributed by atoms with Crippen LogP contribution in [-0.4, -0.2) is 29.3 Å². The molecule has 0 spiro atoms. The molecule has 0 saturated carbocycles. The summed E-state index contributed by atoms with van der Waals surface area (Å²) >= 11 is 6.28. The van der Waals surface area contributed by atoms with Gasteiger partial charge in [-0.25, -0.2) is 4.98 Å². The number of hydrogen-bond acceptors (Lipinski definition) is 4. The van der Waals surface area contributed by atoms with Crippen molar-refractivity contribution in [2.24, 2.45) is 0 Å². The molecule has 2 rings (SSSR count). The number of hydrogen-bond donors (Lipinski definition) is 2. The van der Waals surface area contributed by atoms with Crippen molar-refractivity contribution in [2.45, 2.75) is 39.7 Å². The summed E-state index contributed by atoms with van der Waals surface area (Å²) in [5, 5.41) is 5.62. The Bertz CT molecular complexity index is 1010. The number of halogens is 3. The molecule has 2 N–H and O–H groups in total. The number of benzene rings is 1. The van der Waals surface area contributed by atoms with E-state index in [2.05, 4.69) is 22.2 Å². The molecule has 2 aromatic rings. The van der Waals surface area contributed by atoms with E-state index in [1.165, 1.54) is 32.0 Å². The van der Waals surface area contributed by atoms with Gasteiger partial charge in [0.15, 0.2) is 6.61 Å². The Hall–Kier alpha value is -3.00. The molecule has 1 aromatic heterocycles. The number of alkyl halides is 2. The molecule has 31 heavy (non-hydrogen) atoms. The predicted octanol–water partition coefficient (Wildman–Crippen LogP) is 5.08. The second-order valence-corrected chi connectivity index (χ2v) is 7.62. The maximum Gasteiger partial charge on any atom is 0.302 e. The quantitative estimate of drug-likeness (QED) is 0.548. The zero-order valence-electron chi connectivity index (χ0n) is 17.7. The topological polar surface area (TPSA) is 80.3 Å². The predicted molar refractivity (Wildman–Crippen MR) is 116 cm³/mol. The van der Waals surface area contributed by atoms with Crippen LogP contribution in [0.1, 0.15) is 48.4 Å². The highest BCUT2D eigenvalue weighted by molar-refractivity contribution is 6.31. The fourth-order valence-corrected chi connectivity index (χ4v) is 2.98. The molecule has 9 heteroatoms. The number of aromatic nitrogens is 1. The van der Waals surface area contributed by atoms with Gasteiger partial charge < -0.3 is 15.4 Å². The van der Waals surface area contributed by atoms with Gasteiger partial charge in [0.25, 0.3) is 5.91 Å². The summed E-state index contributed by atoms with van der Waals surface area (Å²) in [6.07, 6.45) is 0. The van der Waals surface area contributed by atoms with Crippen LogP contribution in [0, 0.1) is 6.92 Å². The lowest BCUT2D eigenvalue weighted by Gasteiger charge is -2.19. The van der Waals surface area contributed by atoms with Gasteiger partial charge >= 0.3 is 5.92 Å². The largest absolute Gasteiger partial charge is 0.487 e. The van der Waals surface area contributed by atoms with E-state index in [1.54, 1.807) is 26.0 Å². The van der Waals surface area contributed by atoms with Gasteiger partial charge in [-0.1, -0.05) is 24.2 Å². The summed E-state index contributed by atoms with van der Waals surface area (Å²) in [5.41, 5.74) is 1.18. The van der Waals surface area contributed by atoms with Gasteiger partial charge in [0.05, 0.1) is 6.04 Å². The third kappa shape index (κ3) is 6.75. The van der Waals surface area contributed by atoms with Gasteiger partial charge in [-0.3, -0.25) is 9.59 Å². The minimum absolute atomic E-state index is 0.179. The molecule has 0 radical (unpaired) electrons. The van der Waals surface area contributed by atoms with Crippen LogP contribution in [0.15, 0.2) is 42.5 Å². The molecule has 2 amide bonds. The van der Waals surface area contributed by atoms with E-state index < -0.39 is 18.6 Å². The minimum Gasteiger partial charge on any atom is -0.487 e. The summed E-state index contributed by atoms with van der Waals surface area (Å²) < 4.78 is 32.4. The van der Waals surface area contributed by atoms with Gasteiger partial charge in [0, 0.05) is 23.2 Å². The molecule has 0 saturated heterocycles. The van der Waals surface area contributed by atoms with Crippen LogP contribution in [-0.2, 0) is 4.79 Å². The second-order valence-electron chi connectivity index (χ2n) is 7.22. The van der Waals surface area contributed by atoms with Crippen molar-refractivity contribution < 1.29 is 23.1 Å². The first-order chi connectivity index (χ1) is 14.4. The van der Waals surface area contributed by atoms with Crippen molar-refractivity contribution in [1.82, 2.24) is 10.3 Å². The maximum atomic E-state index is 13.6. The molecule has 1 unspecified atom stereocenters. The number of pyridine rings is 1. The zero-order valence-corrected chi connectivity index (χ0v) is 18.4. The second kappa shape index (κ2) is 9.87. The first-order valence-electron chi connectivity index (χ1n) is 9.42. The average Bonchev–Trinajstić information content (AvgIpc) is 2.65. The average molecular weight is 452 g/mol. The van der Waals surface area contributed by atoms with E-state index in [1.807, 2.05) is 0 Å². The summed E-state index contributed by atoms with van der Waals surface area (Å²) in [4.78, 5) is 28.1. The van der Waals surface area contributed by atoms with E-state index in [0.717, 1.165) is 0 Å². The minimum atomic E-state index is -3.15. The van der Waals surface area contributed by atoms with Crippen molar-refractivity contribution in [3.8, 4) is 5.75 Å². The monoisotopic (exact) mass is 451 g/mol. The van der Waals surface area contributed by atoms with Crippen molar-refractivity contribution in [2.75, 3.05) is 11.9 Å². The molecule has 166 valence electrons. The Balaban J connectivity index is 2.11. The van der Waals surface area contributed by atoms with Gasteiger partial charge in [-0.05, 0) is 56.2 Å². The van der Waals surface area contributed by atoms with Crippen LogP contribution in [0.4, 0.5) is 14.6 Å². The Kier molecular flexibility index (Phi) is 7.73. The summed E-state index contributed by atoms with van der Waals surface area (Å²) in [6.45, 7) is 8.42. The normalized spacial score (nSPS) is 12.1. The fraction of sp³-hybridized carbons (Fsp3) is 0.318. The Morgan fingerprint density at radius 2 is 1.94 bits per heavy atom. The SMILES string of the molecule is C=C(C)C(F)(F)COc1ccc(C(C)NC(=O)c2cc(C)nc(NC(C)=O)c2)c(Cl)c1. The summed E-state index contributed by atoms with van der Waals surface area (Å²) in [6, 6.07) is 7.10. The maximum absolute atomic E-state index is 13.6.